The molecule has 0 aliphatic rings. The van der Waals surface area contributed by atoms with Gasteiger partial charge in [-0.3, -0.25) is 4.79 Å². The van der Waals surface area contributed by atoms with Crippen LogP contribution in [0.25, 0.3) is 0 Å². The summed E-state index contributed by atoms with van der Waals surface area (Å²) < 4.78 is 12.8. The van der Waals surface area contributed by atoms with Crippen molar-refractivity contribution in [2.24, 2.45) is 0 Å². The van der Waals surface area contributed by atoms with Gasteiger partial charge in [-0.05, 0) is 35.2 Å². The van der Waals surface area contributed by atoms with E-state index >= 15 is 0 Å². The number of carbonyl (C=O) groups is 1. The van der Waals surface area contributed by atoms with E-state index in [2.05, 4.69) is 24.5 Å². The van der Waals surface area contributed by atoms with E-state index in [0.717, 1.165) is 16.8 Å². The molecule has 0 atom stereocenters. The van der Waals surface area contributed by atoms with E-state index < -0.39 is 0 Å². The maximum Gasteiger partial charge on any atom is 0.238 e. The van der Waals surface area contributed by atoms with E-state index in [0.29, 0.717) is 12.5 Å². The Morgan fingerprint density at radius 3 is 2.45 bits per heavy atom. The first-order chi connectivity index (χ1) is 10.6. The minimum absolute atomic E-state index is 0.0878. The lowest BCUT2D eigenvalue weighted by Gasteiger charge is -2.13. The SMILES string of the molecule is CC(C)c1ccccc1NC(=O)CNCc1ccc(F)cc1. The summed E-state index contributed by atoms with van der Waals surface area (Å²) in [4.78, 5) is 12.0. The van der Waals surface area contributed by atoms with Gasteiger partial charge >= 0.3 is 0 Å². The predicted molar refractivity (Wildman–Crippen MR) is 87.3 cm³/mol. The van der Waals surface area contributed by atoms with Gasteiger partial charge in [-0.1, -0.05) is 44.2 Å². The summed E-state index contributed by atoms with van der Waals surface area (Å²) in [5.41, 5.74) is 2.91. The van der Waals surface area contributed by atoms with Crippen LogP contribution in [-0.2, 0) is 11.3 Å². The van der Waals surface area contributed by atoms with Crippen LogP contribution in [0.2, 0.25) is 0 Å². The minimum Gasteiger partial charge on any atom is -0.325 e. The molecule has 0 aliphatic carbocycles. The van der Waals surface area contributed by atoms with Gasteiger partial charge in [-0.15, -0.1) is 0 Å². The van der Waals surface area contributed by atoms with Crippen molar-refractivity contribution in [3.8, 4) is 0 Å². The summed E-state index contributed by atoms with van der Waals surface area (Å²) in [5.74, 6) is 0.00525. The number of rotatable bonds is 6. The average molecular weight is 300 g/mol. The number of para-hydroxylation sites is 1. The molecule has 0 fully saturated rings. The number of amides is 1. The molecule has 0 aromatic heterocycles. The number of hydrogen-bond acceptors (Lipinski definition) is 2. The number of hydrogen-bond donors (Lipinski definition) is 2. The van der Waals surface area contributed by atoms with E-state index in [1.807, 2.05) is 24.3 Å². The first kappa shape index (κ1) is 16.2. The third-order valence-electron chi connectivity index (χ3n) is 3.38. The van der Waals surface area contributed by atoms with Crippen molar-refractivity contribution in [1.29, 1.82) is 0 Å². The van der Waals surface area contributed by atoms with Crippen molar-refractivity contribution < 1.29 is 9.18 Å². The number of anilines is 1. The van der Waals surface area contributed by atoms with Gasteiger partial charge in [0.05, 0.1) is 6.54 Å². The van der Waals surface area contributed by atoms with Crippen LogP contribution in [-0.4, -0.2) is 12.5 Å². The fraction of sp³-hybridized carbons (Fsp3) is 0.278. The van der Waals surface area contributed by atoms with Crippen molar-refractivity contribution in [3.63, 3.8) is 0 Å². The number of benzene rings is 2. The molecule has 0 bridgehead atoms. The van der Waals surface area contributed by atoms with E-state index in [4.69, 9.17) is 0 Å². The van der Waals surface area contributed by atoms with E-state index in [9.17, 15) is 9.18 Å². The first-order valence-corrected chi connectivity index (χ1v) is 7.40. The molecule has 2 rings (SSSR count). The van der Waals surface area contributed by atoms with Gasteiger partial charge in [0, 0.05) is 12.2 Å². The van der Waals surface area contributed by atoms with Gasteiger partial charge in [0.15, 0.2) is 0 Å². The third kappa shape index (κ3) is 4.67. The molecule has 2 aromatic carbocycles. The molecule has 2 N–H and O–H groups in total. The lowest BCUT2D eigenvalue weighted by molar-refractivity contribution is -0.115. The highest BCUT2D eigenvalue weighted by molar-refractivity contribution is 5.93. The average Bonchev–Trinajstić information content (AvgIpc) is 2.49. The van der Waals surface area contributed by atoms with E-state index in [1.54, 1.807) is 12.1 Å². The van der Waals surface area contributed by atoms with Crippen molar-refractivity contribution in [1.82, 2.24) is 5.32 Å². The van der Waals surface area contributed by atoms with Gasteiger partial charge in [-0.2, -0.15) is 0 Å². The summed E-state index contributed by atoms with van der Waals surface area (Å²) >= 11 is 0. The molecule has 0 radical (unpaired) electrons. The van der Waals surface area contributed by atoms with Crippen molar-refractivity contribution >= 4 is 11.6 Å². The summed E-state index contributed by atoms with van der Waals surface area (Å²) in [5, 5.41) is 5.98. The van der Waals surface area contributed by atoms with Gasteiger partial charge < -0.3 is 10.6 Å². The van der Waals surface area contributed by atoms with Crippen molar-refractivity contribution in [2.45, 2.75) is 26.3 Å². The molecule has 1 amide bonds. The number of halogens is 1. The van der Waals surface area contributed by atoms with Gasteiger partial charge in [0.1, 0.15) is 5.82 Å². The van der Waals surface area contributed by atoms with E-state index in [1.165, 1.54) is 12.1 Å². The predicted octanol–water partition coefficient (Wildman–Crippen LogP) is 3.68. The fourth-order valence-electron chi connectivity index (χ4n) is 2.23. The zero-order valence-electron chi connectivity index (χ0n) is 12.9. The Morgan fingerprint density at radius 1 is 1.09 bits per heavy atom. The van der Waals surface area contributed by atoms with Gasteiger partial charge in [0.2, 0.25) is 5.91 Å². The standard InChI is InChI=1S/C18H21FN2O/c1-13(2)16-5-3-4-6-17(16)21-18(22)12-20-11-14-7-9-15(19)10-8-14/h3-10,13,20H,11-12H2,1-2H3,(H,21,22). The molecular weight excluding hydrogens is 279 g/mol. The summed E-state index contributed by atoms with van der Waals surface area (Å²) in [6.07, 6.45) is 0. The summed E-state index contributed by atoms with van der Waals surface area (Å²) in [6, 6.07) is 14.0. The molecule has 0 saturated carbocycles. The first-order valence-electron chi connectivity index (χ1n) is 7.40. The Bertz CT molecular complexity index is 623. The second-order valence-electron chi connectivity index (χ2n) is 5.52. The smallest absolute Gasteiger partial charge is 0.238 e. The topological polar surface area (TPSA) is 41.1 Å². The fourth-order valence-corrected chi connectivity index (χ4v) is 2.23. The molecular formula is C18H21FN2O. The highest BCUT2D eigenvalue weighted by Gasteiger charge is 2.08. The molecule has 0 aliphatic heterocycles. The molecule has 22 heavy (non-hydrogen) atoms. The molecule has 3 nitrogen and oxygen atoms in total. The van der Waals surface area contributed by atoms with Crippen LogP contribution in [0.3, 0.4) is 0 Å². The third-order valence-corrected chi connectivity index (χ3v) is 3.38. The number of carbonyl (C=O) groups excluding carboxylic acids is 1. The Morgan fingerprint density at radius 2 is 1.77 bits per heavy atom. The van der Waals surface area contributed by atoms with Crippen LogP contribution in [0.15, 0.2) is 48.5 Å². The minimum atomic E-state index is -0.258. The summed E-state index contributed by atoms with van der Waals surface area (Å²) in [6.45, 7) is 4.93. The maximum atomic E-state index is 12.8. The highest BCUT2D eigenvalue weighted by atomic mass is 19.1. The summed E-state index contributed by atoms with van der Waals surface area (Å²) in [7, 11) is 0. The molecule has 116 valence electrons. The van der Waals surface area contributed by atoms with Crippen molar-refractivity contribution in [3.05, 3.63) is 65.5 Å². The van der Waals surface area contributed by atoms with Crippen molar-refractivity contribution in [2.75, 3.05) is 11.9 Å². The quantitative estimate of drug-likeness (QED) is 0.854. The van der Waals surface area contributed by atoms with Gasteiger partial charge in [0.25, 0.3) is 0 Å². The largest absolute Gasteiger partial charge is 0.325 e. The van der Waals surface area contributed by atoms with Crippen LogP contribution in [0.1, 0.15) is 30.9 Å². The Kier molecular flexibility index (Phi) is 5.67. The second-order valence-corrected chi connectivity index (χ2v) is 5.52. The highest BCUT2D eigenvalue weighted by Crippen LogP contribution is 2.23. The Balaban J connectivity index is 1.84. The molecule has 0 unspecified atom stereocenters. The zero-order valence-corrected chi connectivity index (χ0v) is 12.9. The monoisotopic (exact) mass is 300 g/mol. The van der Waals surface area contributed by atoms with Crippen LogP contribution >= 0.6 is 0 Å². The van der Waals surface area contributed by atoms with Gasteiger partial charge in [-0.25, -0.2) is 4.39 Å². The number of nitrogens with one attached hydrogen (secondary N) is 2. The lowest BCUT2D eigenvalue weighted by atomic mass is 10.0. The van der Waals surface area contributed by atoms with Crippen LogP contribution in [0, 0.1) is 5.82 Å². The molecule has 4 heteroatoms. The molecule has 0 spiro atoms. The Labute approximate surface area is 130 Å². The maximum absolute atomic E-state index is 12.8. The molecule has 0 saturated heterocycles. The normalized spacial score (nSPS) is 10.7. The second kappa shape index (κ2) is 7.71. The van der Waals surface area contributed by atoms with E-state index in [-0.39, 0.29) is 18.3 Å². The Hall–Kier alpha value is -2.20. The molecule has 2 aromatic rings. The van der Waals surface area contributed by atoms with Crippen LogP contribution in [0.4, 0.5) is 10.1 Å². The van der Waals surface area contributed by atoms with Crippen LogP contribution in [0.5, 0.6) is 0 Å². The van der Waals surface area contributed by atoms with Crippen LogP contribution < -0.4 is 10.6 Å². The molecule has 0 heterocycles. The lowest BCUT2D eigenvalue weighted by Crippen LogP contribution is -2.28. The zero-order chi connectivity index (χ0) is 15.9.